The van der Waals surface area contributed by atoms with Crippen LogP contribution in [0.3, 0.4) is 0 Å². The van der Waals surface area contributed by atoms with Crippen LogP contribution < -0.4 is 5.32 Å². The van der Waals surface area contributed by atoms with Crippen molar-refractivity contribution >= 4 is 27.4 Å². The van der Waals surface area contributed by atoms with Gasteiger partial charge in [-0.15, -0.1) is 11.3 Å². The van der Waals surface area contributed by atoms with E-state index in [1.165, 1.54) is 4.88 Å². The standard InChI is InChI=1S/C13H17N3OS/c1-8-6-10-12(14-7-15-13(10)18-8)16-9(2)11-4-3-5-17-11/h6-7,9,11H,3-5H2,1-2H3,(H,14,15,16). The Bertz CT molecular complexity index is 548. The van der Waals surface area contributed by atoms with Crippen molar-refractivity contribution in [2.75, 3.05) is 11.9 Å². The molecule has 3 heterocycles. The Morgan fingerprint density at radius 2 is 2.39 bits per heavy atom. The first-order valence-corrected chi connectivity index (χ1v) is 7.15. The smallest absolute Gasteiger partial charge is 0.138 e. The summed E-state index contributed by atoms with van der Waals surface area (Å²) in [4.78, 5) is 11.0. The molecule has 2 unspecified atom stereocenters. The van der Waals surface area contributed by atoms with Gasteiger partial charge >= 0.3 is 0 Å². The molecule has 2 aromatic heterocycles. The number of thiophene rings is 1. The van der Waals surface area contributed by atoms with Gasteiger partial charge in [0.1, 0.15) is 17.0 Å². The van der Waals surface area contributed by atoms with Crippen molar-refractivity contribution in [3.63, 3.8) is 0 Å². The maximum atomic E-state index is 5.70. The molecule has 0 radical (unpaired) electrons. The molecule has 1 aliphatic heterocycles. The molecular formula is C13H17N3OS. The molecule has 0 spiro atoms. The molecule has 0 saturated carbocycles. The number of ether oxygens (including phenoxy) is 1. The second kappa shape index (κ2) is 4.82. The fraction of sp³-hybridized carbons (Fsp3) is 0.538. The average molecular weight is 263 g/mol. The minimum absolute atomic E-state index is 0.283. The first-order valence-electron chi connectivity index (χ1n) is 6.33. The molecule has 1 saturated heterocycles. The normalized spacial score (nSPS) is 21.3. The molecule has 0 aliphatic carbocycles. The number of aromatic nitrogens is 2. The first kappa shape index (κ1) is 11.9. The van der Waals surface area contributed by atoms with Gasteiger partial charge in [-0.25, -0.2) is 9.97 Å². The Morgan fingerprint density at radius 1 is 1.50 bits per heavy atom. The molecule has 1 N–H and O–H groups in total. The van der Waals surface area contributed by atoms with Crippen molar-refractivity contribution in [3.05, 3.63) is 17.3 Å². The lowest BCUT2D eigenvalue weighted by atomic mass is 10.1. The van der Waals surface area contributed by atoms with Gasteiger partial charge in [-0.05, 0) is 32.8 Å². The number of rotatable bonds is 3. The van der Waals surface area contributed by atoms with Crippen LogP contribution in [-0.2, 0) is 4.74 Å². The van der Waals surface area contributed by atoms with Gasteiger partial charge < -0.3 is 10.1 Å². The third-order valence-electron chi connectivity index (χ3n) is 3.34. The fourth-order valence-corrected chi connectivity index (χ4v) is 3.24. The van der Waals surface area contributed by atoms with Crippen molar-refractivity contribution in [2.24, 2.45) is 0 Å². The molecule has 2 aromatic rings. The van der Waals surface area contributed by atoms with Crippen molar-refractivity contribution in [2.45, 2.75) is 38.8 Å². The second-order valence-corrected chi connectivity index (χ2v) is 6.02. The third kappa shape index (κ3) is 2.20. The fourth-order valence-electron chi connectivity index (χ4n) is 2.40. The Kier molecular flexibility index (Phi) is 3.18. The van der Waals surface area contributed by atoms with E-state index in [1.54, 1.807) is 17.7 Å². The van der Waals surface area contributed by atoms with Crippen LogP contribution in [0.25, 0.3) is 10.2 Å². The molecule has 18 heavy (non-hydrogen) atoms. The highest BCUT2D eigenvalue weighted by atomic mass is 32.1. The third-order valence-corrected chi connectivity index (χ3v) is 4.30. The maximum Gasteiger partial charge on any atom is 0.138 e. The predicted octanol–water partition coefficient (Wildman–Crippen LogP) is 2.98. The van der Waals surface area contributed by atoms with Crippen molar-refractivity contribution in [3.8, 4) is 0 Å². The lowest BCUT2D eigenvalue weighted by Gasteiger charge is -2.20. The van der Waals surface area contributed by atoms with Crippen LogP contribution in [0.2, 0.25) is 0 Å². The maximum absolute atomic E-state index is 5.70. The van der Waals surface area contributed by atoms with E-state index >= 15 is 0 Å². The van der Waals surface area contributed by atoms with E-state index in [4.69, 9.17) is 4.74 Å². The quantitative estimate of drug-likeness (QED) is 0.924. The highest BCUT2D eigenvalue weighted by molar-refractivity contribution is 7.18. The molecule has 0 aromatic carbocycles. The molecule has 4 nitrogen and oxygen atoms in total. The largest absolute Gasteiger partial charge is 0.376 e. The van der Waals surface area contributed by atoms with E-state index in [0.29, 0.717) is 6.10 Å². The van der Waals surface area contributed by atoms with E-state index in [-0.39, 0.29) is 6.04 Å². The van der Waals surface area contributed by atoms with Gasteiger partial charge in [-0.1, -0.05) is 0 Å². The van der Waals surface area contributed by atoms with Crippen LogP contribution in [0.4, 0.5) is 5.82 Å². The molecule has 1 fully saturated rings. The molecular weight excluding hydrogens is 246 g/mol. The highest BCUT2D eigenvalue weighted by Crippen LogP contribution is 2.28. The Balaban J connectivity index is 1.85. The van der Waals surface area contributed by atoms with Gasteiger partial charge in [0.05, 0.1) is 17.5 Å². The zero-order chi connectivity index (χ0) is 12.5. The van der Waals surface area contributed by atoms with Crippen LogP contribution in [0.5, 0.6) is 0 Å². The molecule has 96 valence electrons. The summed E-state index contributed by atoms with van der Waals surface area (Å²) in [6.07, 6.45) is 4.22. The molecule has 0 amide bonds. The van der Waals surface area contributed by atoms with Gasteiger partial charge in [0.25, 0.3) is 0 Å². The van der Waals surface area contributed by atoms with Crippen molar-refractivity contribution in [1.29, 1.82) is 0 Å². The minimum atomic E-state index is 0.283. The summed E-state index contributed by atoms with van der Waals surface area (Å²) in [6.45, 7) is 5.14. The van der Waals surface area contributed by atoms with Crippen molar-refractivity contribution < 1.29 is 4.74 Å². The monoisotopic (exact) mass is 263 g/mol. The van der Waals surface area contributed by atoms with E-state index in [9.17, 15) is 0 Å². The summed E-state index contributed by atoms with van der Waals surface area (Å²) in [5.41, 5.74) is 0. The van der Waals surface area contributed by atoms with Gasteiger partial charge in [0.2, 0.25) is 0 Å². The summed E-state index contributed by atoms with van der Waals surface area (Å²) in [6, 6.07) is 2.43. The average Bonchev–Trinajstić information content (AvgIpc) is 2.96. The molecule has 5 heteroatoms. The van der Waals surface area contributed by atoms with E-state index in [0.717, 1.165) is 35.5 Å². The molecule has 2 atom stereocenters. The number of fused-ring (bicyclic) bond motifs is 1. The van der Waals surface area contributed by atoms with E-state index in [1.807, 2.05) is 0 Å². The predicted molar refractivity (Wildman–Crippen MR) is 74.2 cm³/mol. The Hall–Kier alpha value is -1.20. The zero-order valence-corrected chi connectivity index (χ0v) is 11.5. The van der Waals surface area contributed by atoms with Crippen LogP contribution in [-0.4, -0.2) is 28.7 Å². The Morgan fingerprint density at radius 3 is 3.17 bits per heavy atom. The molecule has 3 rings (SSSR count). The van der Waals surface area contributed by atoms with Gasteiger partial charge in [-0.2, -0.15) is 0 Å². The highest BCUT2D eigenvalue weighted by Gasteiger charge is 2.23. The van der Waals surface area contributed by atoms with Crippen LogP contribution in [0.15, 0.2) is 12.4 Å². The number of anilines is 1. The van der Waals surface area contributed by atoms with Crippen LogP contribution in [0, 0.1) is 6.92 Å². The SMILES string of the molecule is Cc1cc2c(NC(C)C3CCCO3)ncnc2s1. The summed E-state index contributed by atoms with van der Waals surface area (Å²) < 4.78 is 5.70. The lowest BCUT2D eigenvalue weighted by molar-refractivity contribution is 0.0996. The van der Waals surface area contributed by atoms with Crippen molar-refractivity contribution in [1.82, 2.24) is 9.97 Å². The minimum Gasteiger partial charge on any atom is -0.376 e. The first-order chi connectivity index (χ1) is 8.74. The zero-order valence-electron chi connectivity index (χ0n) is 10.6. The number of aryl methyl sites for hydroxylation is 1. The van der Waals surface area contributed by atoms with Gasteiger partial charge in [0, 0.05) is 11.5 Å². The lowest BCUT2D eigenvalue weighted by Crippen LogP contribution is -2.30. The number of nitrogens with zero attached hydrogens (tertiary/aromatic N) is 2. The van der Waals surface area contributed by atoms with Crippen LogP contribution in [0.1, 0.15) is 24.6 Å². The summed E-state index contributed by atoms with van der Waals surface area (Å²) in [5, 5.41) is 4.59. The van der Waals surface area contributed by atoms with E-state index < -0.39 is 0 Å². The van der Waals surface area contributed by atoms with Gasteiger partial charge in [-0.3, -0.25) is 0 Å². The number of nitrogens with one attached hydrogen (secondary N) is 1. The molecule has 1 aliphatic rings. The second-order valence-electron chi connectivity index (χ2n) is 4.78. The number of hydrogen-bond acceptors (Lipinski definition) is 5. The summed E-state index contributed by atoms with van der Waals surface area (Å²) >= 11 is 1.70. The summed E-state index contributed by atoms with van der Waals surface area (Å²) in [7, 11) is 0. The van der Waals surface area contributed by atoms with Gasteiger partial charge in [0.15, 0.2) is 0 Å². The van der Waals surface area contributed by atoms with Crippen LogP contribution >= 0.6 is 11.3 Å². The number of hydrogen-bond donors (Lipinski definition) is 1. The molecule has 0 bridgehead atoms. The Labute approximate surface area is 110 Å². The topological polar surface area (TPSA) is 47.0 Å². The summed E-state index contributed by atoms with van der Waals surface area (Å²) in [5.74, 6) is 0.923. The van der Waals surface area contributed by atoms with E-state index in [2.05, 4.69) is 35.2 Å².